The van der Waals surface area contributed by atoms with Gasteiger partial charge in [-0.2, -0.15) is 0 Å². The summed E-state index contributed by atoms with van der Waals surface area (Å²) in [7, 11) is 2.21. The number of rotatable bonds is 7. The van der Waals surface area contributed by atoms with Crippen LogP contribution in [0.4, 0.5) is 17.3 Å². The lowest BCUT2D eigenvalue weighted by molar-refractivity contribution is 0.0894. The van der Waals surface area contributed by atoms with Crippen LogP contribution < -0.4 is 11.1 Å². The highest BCUT2D eigenvalue weighted by atomic mass is 15.3. The van der Waals surface area contributed by atoms with Crippen LogP contribution in [0.15, 0.2) is 53.3 Å². The summed E-state index contributed by atoms with van der Waals surface area (Å²) in [4.78, 5) is 18.8. The molecule has 0 radical (unpaired) electrons. The van der Waals surface area contributed by atoms with Gasteiger partial charge in [-0.3, -0.25) is 15.3 Å². The third kappa shape index (κ3) is 5.82. The first kappa shape index (κ1) is 25.9. The number of nitrogen functional groups attached to an aromatic ring is 1. The fourth-order valence-electron chi connectivity index (χ4n) is 6.45. The number of hydrogen-bond donors (Lipinski definition) is 3. The lowest BCUT2D eigenvalue weighted by Gasteiger charge is -2.41. The average Bonchev–Trinajstić information content (AvgIpc) is 3.36. The molecule has 2 fully saturated rings. The van der Waals surface area contributed by atoms with Crippen LogP contribution in [0.1, 0.15) is 61.6 Å². The molecule has 4 N–H and O–H groups in total. The molecule has 2 aliphatic carbocycles. The largest absolute Gasteiger partial charge is 0.383 e. The van der Waals surface area contributed by atoms with Crippen molar-refractivity contribution in [1.29, 1.82) is 5.41 Å². The summed E-state index contributed by atoms with van der Waals surface area (Å²) in [5, 5.41) is 12.7. The predicted molar refractivity (Wildman–Crippen MR) is 159 cm³/mol. The molecule has 0 bridgehead atoms. The molecular weight excluding hydrogens is 484 g/mol. The molecule has 0 unspecified atom stereocenters. The monoisotopic (exact) mass is 524 g/mol. The predicted octanol–water partition coefficient (Wildman–Crippen LogP) is 4.74. The molecule has 1 aromatic carbocycles. The highest BCUT2D eigenvalue weighted by Crippen LogP contribution is 2.33. The van der Waals surface area contributed by atoms with Crippen molar-refractivity contribution in [2.24, 2.45) is 4.99 Å². The maximum atomic E-state index is 9.11. The van der Waals surface area contributed by atoms with E-state index in [9.17, 15) is 0 Å². The number of allylic oxidation sites excluding steroid dienone is 4. The first-order valence-electron chi connectivity index (χ1n) is 14.5. The van der Waals surface area contributed by atoms with Crippen LogP contribution in [-0.4, -0.2) is 76.5 Å². The molecule has 1 saturated heterocycles. The normalized spacial score (nSPS) is 23.7. The highest BCUT2D eigenvalue weighted by molar-refractivity contribution is 6.16. The first-order valence-corrected chi connectivity index (χ1v) is 14.5. The molecule has 2 aromatic rings. The maximum Gasteiger partial charge on any atom is 0.141 e. The molecule has 0 atom stereocenters. The van der Waals surface area contributed by atoms with E-state index >= 15 is 0 Å². The Morgan fingerprint density at radius 3 is 2.69 bits per heavy atom. The first-order chi connectivity index (χ1) is 19.0. The van der Waals surface area contributed by atoms with Gasteiger partial charge in [0.15, 0.2) is 0 Å². The van der Waals surface area contributed by atoms with E-state index in [2.05, 4.69) is 56.4 Å². The molecule has 1 aromatic heterocycles. The number of aromatic nitrogens is 2. The van der Waals surface area contributed by atoms with Crippen LogP contribution in [-0.2, 0) is 6.42 Å². The number of hydrogen-bond acceptors (Lipinski definition) is 8. The zero-order valence-corrected chi connectivity index (χ0v) is 23.0. The molecule has 204 valence electrons. The highest BCUT2D eigenvalue weighted by Gasteiger charge is 2.29. The molecule has 3 heterocycles. The van der Waals surface area contributed by atoms with Gasteiger partial charge in [0.05, 0.1) is 17.0 Å². The van der Waals surface area contributed by atoms with E-state index in [0.717, 1.165) is 62.9 Å². The van der Waals surface area contributed by atoms with Crippen LogP contribution in [0.2, 0.25) is 0 Å². The number of nitrogens with zero attached hydrogens (tertiary/aromatic N) is 5. The van der Waals surface area contributed by atoms with Crippen molar-refractivity contribution in [1.82, 2.24) is 19.8 Å². The molecule has 1 saturated carbocycles. The van der Waals surface area contributed by atoms with E-state index in [1.54, 1.807) is 0 Å². The maximum absolute atomic E-state index is 9.11. The Balaban J connectivity index is 1.12. The van der Waals surface area contributed by atoms with Crippen LogP contribution in [0.25, 0.3) is 0 Å². The summed E-state index contributed by atoms with van der Waals surface area (Å²) in [6, 6.07) is 7.12. The van der Waals surface area contributed by atoms with E-state index in [4.69, 9.17) is 16.1 Å². The fraction of sp³-hybridized carbons (Fsp3) is 0.484. The summed E-state index contributed by atoms with van der Waals surface area (Å²) in [6.07, 6.45) is 16.7. The van der Waals surface area contributed by atoms with Crippen molar-refractivity contribution in [3.05, 3.63) is 65.0 Å². The summed E-state index contributed by atoms with van der Waals surface area (Å²) >= 11 is 0. The number of anilines is 2. The van der Waals surface area contributed by atoms with Crippen molar-refractivity contribution in [3.63, 3.8) is 0 Å². The molecule has 39 heavy (non-hydrogen) atoms. The summed E-state index contributed by atoms with van der Waals surface area (Å²) < 4.78 is 0. The van der Waals surface area contributed by atoms with Gasteiger partial charge < -0.3 is 16.0 Å². The standard InChI is InChI=1S/C31H40N8/c1-38-13-15-39(16-14-38)26-10-8-24(9-11-26)37-31-28(30(33)34-20-35-31)29(32)22-7-12-27-23(18-22)19-25(36-27)17-21-5-3-2-4-6-21/h2-3,5,7,12,18,20,24,26,32H,4,6,8-11,13-17,19H2,1H3,(H3,33,34,35,37). The Morgan fingerprint density at radius 2 is 1.92 bits per heavy atom. The number of nitrogens with one attached hydrogen (secondary N) is 2. The summed E-state index contributed by atoms with van der Waals surface area (Å²) in [5.41, 5.74) is 13.0. The second kappa shape index (κ2) is 11.4. The van der Waals surface area contributed by atoms with E-state index < -0.39 is 0 Å². The molecule has 0 amide bonds. The van der Waals surface area contributed by atoms with Gasteiger partial charge in [-0.25, -0.2) is 9.97 Å². The van der Waals surface area contributed by atoms with E-state index in [0.29, 0.717) is 35.0 Å². The molecular formula is C31H40N8. The van der Waals surface area contributed by atoms with Crippen LogP contribution in [0.3, 0.4) is 0 Å². The van der Waals surface area contributed by atoms with E-state index in [1.807, 2.05) is 12.1 Å². The number of fused-ring (bicyclic) bond motifs is 1. The van der Waals surface area contributed by atoms with Gasteiger partial charge in [0, 0.05) is 62.4 Å². The van der Waals surface area contributed by atoms with Crippen molar-refractivity contribution in [2.75, 3.05) is 44.3 Å². The van der Waals surface area contributed by atoms with Crippen molar-refractivity contribution in [2.45, 2.75) is 63.5 Å². The third-order valence-electron chi connectivity index (χ3n) is 8.79. The lowest BCUT2D eigenvalue weighted by Crippen LogP contribution is -2.50. The molecule has 0 spiro atoms. The van der Waals surface area contributed by atoms with Gasteiger partial charge in [-0.15, -0.1) is 0 Å². The van der Waals surface area contributed by atoms with Crippen LogP contribution in [0, 0.1) is 5.41 Å². The van der Waals surface area contributed by atoms with Crippen molar-refractivity contribution < 1.29 is 0 Å². The van der Waals surface area contributed by atoms with Crippen LogP contribution in [0.5, 0.6) is 0 Å². The smallest absolute Gasteiger partial charge is 0.141 e. The third-order valence-corrected chi connectivity index (χ3v) is 8.79. The molecule has 8 heteroatoms. The van der Waals surface area contributed by atoms with Gasteiger partial charge in [0.2, 0.25) is 0 Å². The Morgan fingerprint density at radius 1 is 1.10 bits per heavy atom. The topological polar surface area (TPSA) is 107 Å². The Bertz CT molecular complexity index is 1310. The van der Waals surface area contributed by atoms with E-state index in [-0.39, 0.29) is 0 Å². The summed E-state index contributed by atoms with van der Waals surface area (Å²) in [6.45, 7) is 4.67. The minimum Gasteiger partial charge on any atom is -0.383 e. The Hall–Kier alpha value is -3.36. The second-order valence-electron chi connectivity index (χ2n) is 11.5. The van der Waals surface area contributed by atoms with Gasteiger partial charge in [-0.1, -0.05) is 29.9 Å². The minimum atomic E-state index is 0.328. The molecule has 4 aliphatic rings. The Kier molecular flexibility index (Phi) is 7.57. The number of likely N-dealkylation sites (N-methyl/N-ethyl adjacent to an activating group) is 1. The van der Waals surface area contributed by atoms with Gasteiger partial charge in [-0.05, 0) is 63.3 Å². The number of aliphatic imine (C=N–C) groups is 1. The molecule has 8 nitrogen and oxygen atoms in total. The average molecular weight is 525 g/mol. The van der Waals surface area contributed by atoms with Gasteiger partial charge >= 0.3 is 0 Å². The van der Waals surface area contributed by atoms with Crippen molar-refractivity contribution >= 4 is 28.7 Å². The van der Waals surface area contributed by atoms with Gasteiger partial charge in [0.25, 0.3) is 0 Å². The zero-order valence-electron chi connectivity index (χ0n) is 23.0. The summed E-state index contributed by atoms with van der Waals surface area (Å²) in [5.74, 6) is 1.02. The van der Waals surface area contributed by atoms with Crippen molar-refractivity contribution in [3.8, 4) is 0 Å². The second-order valence-corrected chi connectivity index (χ2v) is 11.5. The Labute approximate surface area is 231 Å². The number of benzene rings is 1. The SMILES string of the molecule is CN1CCN(C2CCC(Nc3ncnc(N)c3C(=N)c3ccc4c(c3)CC(CC3=CC=CCC3)=N4)CC2)CC1. The minimum absolute atomic E-state index is 0.328. The number of nitrogens with two attached hydrogens (primary N) is 1. The zero-order chi connectivity index (χ0) is 26.8. The lowest BCUT2D eigenvalue weighted by atomic mass is 9.89. The number of piperazine rings is 1. The van der Waals surface area contributed by atoms with Gasteiger partial charge in [0.1, 0.15) is 18.0 Å². The van der Waals surface area contributed by atoms with Crippen LogP contribution >= 0.6 is 0 Å². The molecule has 2 aliphatic heterocycles. The fourth-order valence-corrected chi connectivity index (χ4v) is 6.45. The quantitative estimate of drug-likeness (QED) is 0.452. The van der Waals surface area contributed by atoms with E-state index in [1.165, 1.54) is 49.1 Å². The molecule has 6 rings (SSSR count).